The number of nitrogens with one attached hydrogen (secondary N) is 1. The SMILES string of the molecule is COc1ccc(NC(=O)c2cncs2)c(OC)c1. The quantitative estimate of drug-likeness (QED) is 0.921. The van der Waals surface area contributed by atoms with E-state index in [-0.39, 0.29) is 5.91 Å². The second-order valence-corrected chi connectivity index (χ2v) is 4.27. The standard InChI is InChI=1S/C12H12N2O3S/c1-16-8-3-4-9(10(5-8)17-2)14-12(15)11-6-13-7-18-11/h3-7H,1-2H3,(H,14,15). The number of benzene rings is 1. The molecule has 2 rings (SSSR count). The number of nitrogens with zero attached hydrogens (tertiary/aromatic N) is 1. The molecule has 0 unspecified atom stereocenters. The van der Waals surface area contributed by atoms with Crippen LogP contribution >= 0.6 is 11.3 Å². The zero-order valence-corrected chi connectivity index (χ0v) is 10.8. The molecule has 1 N–H and O–H groups in total. The Balaban J connectivity index is 2.21. The Hall–Kier alpha value is -2.08. The van der Waals surface area contributed by atoms with Crippen LogP contribution < -0.4 is 14.8 Å². The molecular weight excluding hydrogens is 252 g/mol. The fourth-order valence-corrected chi connectivity index (χ4v) is 1.93. The number of carbonyl (C=O) groups excluding carboxylic acids is 1. The van der Waals surface area contributed by atoms with Gasteiger partial charge in [0.15, 0.2) is 0 Å². The Morgan fingerprint density at radius 1 is 1.33 bits per heavy atom. The summed E-state index contributed by atoms with van der Waals surface area (Å²) in [5.41, 5.74) is 2.21. The van der Waals surface area contributed by atoms with Crippen molar-refractivity contribution in [3.8, 4) is 11.5 Å². The van der Waals surface area contributed by atoms with Crippen molar-refractivity contribution in [2.75, 3.05) is 19.5 Å². The molecule has 6 heteroatoms. The summed E-state index contributed by atoms with van der Waals surface area (Å²) in [6.45, 7) is 0. The molecule has 94 valence electrons. The third-order valence-corrected chi connectivity index (χ3v) is 3.08. The third-order valence-electron chi connectivity index (χ3n) is 2.31. The van der Waals surface area contributed by atoms with Crippen LogP contribution in [0.2, 0.25) is 0 Å². The number of hydrogen-bond donors (Lipinski definition) is 1. The maximum absolute atomic E-state index is 11.9. The monoisotopic (exact) mass is 264 g/mol. The molecule has 0 bridgehead atoms. The van der Waals surface area contributed by atoms with E-state index in [0.717, 1.165) is 0 Å². The van der Waals surface area contributed by atoms with Gasteiger partial charge in [0.05, 0.1) is 31.6 Å². The second kappa shape index (κ2) is 5.50. The summed E-state index contributed by atoms with van der Waals surface area (Å²) in [6.07, 6.45) is 1.52. The average molecular weight is 264 g/mol. The van der Waals surface area contributed by atoms with Crippen LogP contribution in [0, 0.1) is 0 Å². The molecule has 0 aliphatic heterocycles. The Morgan fingerprint density at radius 3 is 2.78 bits per heavy atom. The van der Waals surface area contributed by atoms with E-state index in [1.807, 2.05) is 0 Å². The fourth-order valence-electron chi connectivity index (χ4n) is 1.41. The van der Waals surface area contributed by atoms with Crippen molar-refractivity contribution in [1.29, 1.82) is 0 Å². The number of aromatic nitrogens is 1. The highest BCUT2D eigenvalue weighted by Crippen LogP contribution is 2.29. The summed E-state index contributed by atoms with van der Waals surface area (Å²) in [6, 6.07) is 5.20. The minimum absolute atomic E-state index is 0.207. The van der Waals surface area contributed by atoms with E-state index in [9.17, 15) is 4.79 Å². The van der Waals surface area contributed by atoms with Gasteiger partial charge in [0.25, 0.3) is 5.91 Å². The molecule has 0 saturated carbocycles. The van der Waals surface area contributed by atoms with E-state index in [1.54, 1.807) is 30.8 Å². The molecule has 0 spiro atoms. The molecule has 1 amide bonds. The van der Waals surface area contributed by atoms with Gasteiger partial charge in [-0.1, -0.05) is 0 Å². The van der Waals surface area contributed by atoms with Crippen LogP contribution in [0.15, 0.2) is 29.9 Å². The van der Waals surface area contributed by atoms with E-state index < -0.39 is 0 Å². The lowest BCUT2D eigenvalue weighted by atomic mass is 10.2. The lowest BCUT2D eigenvalue weighted by Crippen LogP contribution is -2.11. The van der Waals surface area contributed by atoms with E-state index >= 15 is 0 Å². The third kappa shape index (κ3) is 2.60. The molecule has 1 aromatic carbocycles. The summed E-state index contributed by atoms with van der Waals surface area (Å²) in [7, 11) is 3.11. The van der Waals surface area contributed by atoms with Crippen molar-refractivity contribution in [3.63, 3.8) is 0 Å². The number of amides is 1. The highest BCUT2D eigenvalue weighted by molar-refractivity contribution is 7.11. The van der Waals surface area contributed by atoms with Gasteiger partial charge in [-0.3, -0.25) is 9.78 Å². The molecule has 0 fully saturated rings. The van der Waals surface area contributed by atoms with Crippen LogP contribution in [0.5, 0.6) is 11.5 Å². The van der Waals surface area contributed by atoms with Crippen LogP contribution in [0.25, 0.3) is 0 Å². The second-order valence-electron chi connectivity index (χ2n) is 3.39. The van der Waals surface area contributed by atoms with E-state index in [1.165, 1.54) is 24.6 Å². The lowest BCUT2D eigenvalue weighted by molar-refractivity contribution is 0.103. The molecule has 0 atom stereocenters. The summed E-state index contributed by atoms with van der Waals surface area (Å²) in [5.74, 6) is 1.01. The first-order valence-electron chi connectivity index (χ1n) is 5.16. The van der Waals surface area contributed by atoms with E-state index in [0.29, 0.717) is 22.1 Å². The minimum Gasteiger partial charge on any atom is -0.497 e. The Kier molecular flexibility index (Phi) is 3.78. The van der Waals surface area contributed by atoms with Gasteiger partial charge >= 0.3 is 0 Å². The van der Waals surface area contributed by atoms with Crippen molar-refractivity contribution in [2.24, 2.45) is 0 Å². The average Bonchev–Trinajstić information content (AvgIpc) is 2.93. The highest BCUT2D eigenvalue weighted by atomic mass is 32.1. The molecule has 1 aromatic heterocycles. The van der Waals surface area contributed by atoms with Gasteiger partial charge in [-0.05, 0) is 12.1 Å². The molecule has 18 heavy (non-hydrogen) atoms. The number of anilines is 1. The summed E-state index contributed by atoms with van der Waals surface area (Å²) in [4.78, 5) is 16.3. The molecule has 0 radical (unpaired) electrons. The van der Waals surface area contributed by atoms with Gasteiger partial charge in [0.2, 0.25) is 0 Å². The topological polar surface area (TPSA) is 60.5 Å². The van der Waals surface area contributed by atoms with Gasteiger partial charge in [0, 0.05) is 6.07 Å². The maximum atomic E-state index is 11.9. The van der Waals surface area contributed by atoms with Crippen molar-refractivity contribution < 1.29 is 14.3 Å². The Bertz CT molecular complexity index is 540. The van der Waals surface area contributed by atoms with Crippen molar-refractivity contribution in [2.45, 2.75) is 0 Å². The van der Waals surface area contributed by atoms with Gasteiger partial charge in [-0.15, -0.1) is 11.3 Å². The molecule has 1 heterocycles. The normalized spacial score (nSPS) is 9.89. The van der Waals surface area contributed by atoms with Gasteiger partial charge in [-0.2, -0.15) is 0 Å². The lowest BCUT2D eigenvalue weighted by Gasteiger charge is -2.10. The van der Waals surface area contributed by atoms with Crippen LogP contribution in [-0.2, 0) is 0 Å². The molecule has 0 aliphatic carbocycles. The first-order chi connectivity index (χ1) is 8.74. The molecule has 2 aromatic rings. The van der Waals surface area contributed by atoms with Gasteiger partial charge in [-0.25, -0.2) is 0 Å². The van der Waals surface area contributed by atoms with Crippen molar-refractivity contribution in [1.82, 2.24) is 4.98 Å². The fraction of sp³-hybridized carbons (Fsp3) is 0.167. The van der Waals surface area contributed by atoms with Gasteiger partial charge in [0.1, 0.15) is 16.4 Å². The Labute approximate surface area is 108 Å². The highest BCUT2D eigenvalue weighted by Gasteiger charge is 2.11. The summed E-state index contributed by atoms with van der Waals surface area (Å²) < 4.78 is 10.3. The molecule has 5 nitrogen and oxygen atoms in total. The number of ether oxygens (including phenoxy) is 2. The maximum Gasteiger partial charge on any atom is 0.267 e. The van der Waals surface area contributed by atoms with Crippen LogP contribution in [0.4, 0.5) is 5.69 Å². The van der Waals surface area contributed by atoms with E-state index in [2.05, 4.69) is 10.3 Å². The number of rotatable bonds is 4. The molecular formula is C12H12N2O3S. The number of carbonyl (C=O) groups is 1. The van der Waals surface area contributed by atoms with Crippen LogP contribution in [0.1, 0.15) is 9.67 Å². The largest absolute Gasteiger partial charge is 0.497 e. The number of methoxy groups -OCH3 is 2. The van der Waals surface area contributed by atoms with Crippen molar-refractivity contribution >= 4 is 22.9 Å². The summed E-state index contributed by atoms with van der Waals surface area (Å²) in [5, 5.41) is 2.77. The predicted octanol–water partition coefficient (Wildman–Crippen LogP) is 2.41. The number of thiazole rings is 1. The van der Waals surface area contributed by atoms with Crippen LogP contribution in [0.3, 0.4) is 0 Å². The zero-order chi connectivity index (χ0) is 13.0. The summed E-state index contributed by atoms with van der Waals surface area (Å²) >= 11 is 1.28. The number of hydrogen-bond acceptors (Lipinski definition) is 5. The minimum atomic E-state index is -0.207. The Morgan fingerprint density at radius 2 is 2.17 bits per heavy atom. The first-order valence-corrected chi connectivity index (χ1v) is 6.04. The van der Waals surface area contributed by atoms with E-state index in [4.69, 9.17) is 9.47 Å². The zero-order valence-electron chi connectivity index (χ0n) is 9.97. The van der Waals surface area contributed by atoms with Gasteiger partial charge < -0.3 is 14.8 Å². The molecule has 0 saturated heterocycles. The smallest absolute Gasteiger partial charge is 0.267 e. The molecule has 0 aliphatic rings. The first kappa shape index (κ1) is 12.4. The van der Waals surface area contributed by atoms with Crippen molar-refractivity contribution in [3.05, 3.63) is 34.8 Å². The van der Waals surface area contributed by atoms with Crippen LogP contribution in [-0.4, -0.2) is 25.1 Å². The predicted molar refractivity (Wildman–Crippen MR) is 69.6 cm³/mol.